The average Bonchev–Trinajstić information content (AvgIpc) is 2.74. The average molecular weight is 450 g/mol. The van der Waals surface area contributed by atoms with Crippen LogP contribution in [0.3, 0.4) is 0 Å². The largest absolute Gasteiger partial charge is 0.417 e. The van der Waals surface area contributed by atoms with Crippen LogP contribution in [-0.4, -0.2) is 47.3 Å². The number of hydrogen-bond donors (Lipinski definition) is 1. The number of amides is 2. The van der Waals surface area contributed by atoms with Crippen LogP contribution in [0, 0.1) is 11.3 Å². The second-order valence-electron chi connectivity index (χ2n) is 7.36. The lowest BCUT2D eigenvalue weighted by molar-refractivity contribution is -0.137. The first-order valence-electron chi connectivity index (χ1n) is 9.59. The number of aromatic nitrogens is 1. The Morgan fingerprint density at radius 1 is 1.23 bits per heavy atom. The number of pyridine rings is 1. The molecular weight excluding hydrogens is 427 g/mol. The van der Waals surface area contributed by atoms with Crippen LogP contribution in [0.2, 0.25) is 0 Å². The molecule has 0 spiro atoms. The van der Waals surface area contributed by atoms with Gasteiger partial charge in [-0.2, -0.15) is 18.4 Å². The number of piperazine rings is 1. The summed E-state index contributed by atoms with van der Waals surface area (Å²) in [5.41, 5.74) is -0.403. The summed E-state index contributed by atoms with van der Waals surface area (Å²) in [6.07, 6.45) is -1.12. The fraction of sp³-hybridized carbons (Fsp3) is 0.381. The maximum Gasteiger partial charge on any atom is 0.417 e. The van der Waals surface area contributed by atoms with Gasteiger partial charge in [0.1, 0.15) is 0 Å². The second kappa shape index (κ2) is 9.06. The van der Waals surface area contributed by atoms with E-state index in [-0.39, 0.29) is 18.1 Å². The first kappa shape index (κ1) is 22.7. The SMILES string of the molecule is CSc1ccc(NC(=O)N2C[C@H](C)N(c3ccc(C#N)c(C(F)(F)F)c3)C[C@H]2C)cn1. The summed E-state index contributed by atoms with van der Waals surface area (Å²) in [4.78, 5) is 20.5. The zero-order chi connectivity index (χ0) is 22.8. The molecule has 1 aromatic carbocycles. The number of nitriles is 1. The fourth-order valence-electron chi connectivity index (χ4n) is 3.58. The standard InChI is InChI=1S/C21H22F3N5OS/c1-13-12-29(20(30)27-16-5-7-19(31-3)26-10-16)14(2)11-28(13)17-6-4-15(9-25)18(8-17)21(22,23)24/h4-8,10,13-14H,11-12H2,1-3H3,(H,27,30)/t13-,14+/m0/s1. The van der Waals surface area contributed by atoms with Crippen LogP contribution in [0.15, 0.2) is 41.6 Å². The summed E-state index contributed by atoms with van der Waals surface area (Å²) in [6.45, 7) is 4.40. The van der Waals surface area contributed by atoms with Crippen molar-refractivity contribution in [2.75, 3.05) is 29.6 Å². The van der Waals surface area contributed by atoms with Crippen molar-refractivity contribution >= 4 is 29.2 Å². The molecular formula is C21H22F3N5OS. The molecule has 164 valence electrons. The highest BCUT2D eigenvalue weighted by atomic mass is 32.2. The summed E-state index contributed by atoms with van der Waals surface area (Å²) in [5, 5.41) is 12.7. The molecule has 2 atom stereocenters. The van der Waals surface area contributed by atoms with Crippen molar-refractivity contribution in [1.82, 2.24) is 9.88 Å². The van der Waals surface area contributed by atoms with Crippen molar-refractivity contribution in [3.8, 4) is 6.07 Å². The lowest BCUT2D eigenvalue weighted by Gasteiger charge is -2.45. The molecule has 1 aromatic heterocycles. The topological polar surface area (TPSA) is 72.3 Å². The molecule has 2 amide bonds. The minimum Gasteiger partial charge on any atom is -0.365 e. The lowest BCUT2D eigenvalue weighted by Crippen LogP contribution is -2.59. The van der Waals surface area contributed by atoms with Gasteiger partial charge < -0.3 is 15.1 Å². The van der Waals surface area contributed by atoms with Crippen LogP contribution >= 0.6 is 11.8 Å². The number of alkyl halides is 3. The normalized spacial score (nSPS) is 19.1. The van der Waals surface area contributed by atoms with E-state index in [0.717, 1.165) is 11.1 Å². The van der Waals surface area contributed by atoms with E-state index in [1.54, 1.807) is 23.2 Å². The van der Waals surface area contributed by atoms with Crippen molar-refractivity contribution in [2.45, 2.75) is 37.1 Å². The van der Waals surface area contributed by atoms with Gasteiger partial charge in [-0.15, -0.1) is 11.8 Å². The number of urea groups is 1. The Morgan fingerprint density at radius 2 is 1.97 bits per heavy atom. The Balaban J connectivity index is 1.75. The Bertz CT molecular complexity index is 990. The third kappa shape index (κ3) is 5.05. The summed E-state index contributed by atoms with van der Waals surface area (Å²) in [5.74, 6) is 0. The molecule has 0 radical (unpaired) electrons. The molecule has 3 rings (SSSR count). The molecule has 0 bridgehead atoms. The smallest absolute Gasteiger partial charge is 0.365 e. The first-order valence-corrected chi connectivity index (χ1v) is 10.8. The van der Waals surface area contributed by atoms with Crippen LogP contribution in [0.5, 0.6) is 0 Å². The van der Waals surface area contributed by atoms with Crippen LogP contribution in [0.25, 0.3) is 0 Å². The Hall–Kier alpha value is -2.93. The van der Waals surface area contributed by atoms with Gasteiger partial charge in [0.15, 0.2) is 0 Å². The van der Waals surface area contributed by atoms with Crippen LogP contribution < -0.4 is 10.2 Å². The molecule has 0 unspecified atom stereocenters. The highest BCUT2D eigenvalue weighted by molar-refractivity contribution is 7.98. The molecule has 0 aliphatic carbocycles. The molecule has 1 saturated heterocycles. The monoisotopic (exact) mass is 449 g/mol. The van der Waals surface area contributed by atoms with Crippen molar-refractivity contribution in [3.05, 3.63) is 47.7 Å². The molecule has 1 N–H and O–H groups in total. The number of anilines is 2. The minimum absolute atomic E-state index is 0.215. The summed E-state index contributed by atoms with van der Waals surface area (Å²) in [7, 11) is 0. The Morgan fingerprint density at radius 3 is 2.55 bits per heavy atom. The molecule has 31 heavy (non-hydrogen) atoms. The minimum atomic E-state index is -4.61. The zero-order valence-corrected chi connectivity index (χ0v) is 18.1. The molecule has 10 heteroatoms. The Labute approximate surface area is 183 Å². The highest BCUT2D eigenvalue weighted by Crippen LogP contribution is 2.35. The number of carbonyl (C=O) groups excluding carboxylic acids is 1. The van der Waals surface area contributed by atoms with Crippen LogP contribution in [0.4, 0.5) is 29.3 Å². The van der Waals surface area contributed by atoms with Gasteiger partial charge in [-0.05, 0) is 50.4 Å². The van der Waals surface area contributed by atoms with Crippen LogP contribution in [0.1, 0.15) is 25.0 Å². The van der Waals surface area contributed by atoms with Gasteiger partial charge in [-0.25, -0.2) is 9.78 Å². The number of nitrogens with zero attached hydrogens (tertiary/aromatic N) is 4. The number of hydrogen-bond acceptors (Lipinski definition) is 5. The first-order chi connectivity index (χ1) is 14.6. The van der Waals surface area contributed by atoms with E-state index in [1.807, 2.05) is 31.1 Å². The van der Waals surface area contributed by atoms with Gasteiger partial charge in [0.2, 0.25) is 0 Å². The van der Waals surface area contributed by atoms with Crippen molar-refractivity contribution in [1.29, 1.82) is 5.26 Å². The van der Waals surface area contributed by atoms with E-state index in [4.69, 9.17) is 5.26 Å². The third-order valence-corrected chi connectivity index (χ3v) is 5.86. The van der Waals surface area contributed by atoms with E-state index in [0.29, 0.717) is 24.5 Å². The molecule has 2 aromatic rings. The number of nitrogens with one attached hydrogen (secondary N) is 1. The van der Waals surface area contributed by atoms with Gasteiger partial charge in [0.05, 0.1) is 34.1 Å². The third-order valence-electron chi connectivity index (χ3n) is 5.20. The molecule has 0 saturated carbocycles. The predicted octanol–water partition coefficient (Wildman–Crippen LogP) is 4.83. The molecule has 1 fully saturated rings. The van der Waals surface area contributed by atoms with E-state index >= 15 is 0 Å². The van der Waals surface area contributed by atoms with E-state index in [1.165, 1.54) is 23.9 Å². The maximum absolute atomic E-state index is 13.3. The molecule has 1 aliphatic heterocycles. The van der Waals surface area contributed by atoms with Gasteiger partial charge in [0, 0.05) is 30.9 Å². The van der Waals surface area contributed by atoms with E-state index in [9.17, 15) is 18.0 Å². The van der Waals surface area contributed by atoms with Gasteiger partial charge in [-0.3, -0.25) is 0 Å². The molecule has 1 aliphatic rings. The number of thioether (sulfide) groups is 1. The summed E-state index contributed by atoms with van der Waals surface area (Å²) >= 11 is 1.50. The van der Waals surface area contributed by atoms with E-state index in [2.05, 4.69) is 10.3 Å². The van der Waals surface area contributed by atoms with Gasteiger partial charge in [0.25, 0.3) is 0 Å². The summed E-state index contributed by atoms with van der Waals surface area (Å²) in [6, 6.07) is 8.17. The quantitative estimate of drug-likeness (QED) is 0.680. The second-order valence-corrected chi connectivity index (χ2v) is 8.19. The number of halogens is 3. The fourth-order valence-corrected chi connectivity index (χ4v) is 3.94. The molecule has 6 nitrogen and oxygen atoms in total. The highest BCUT2D eigenvalue weighted by Gasteiger charge is 2.36. The van der Waals surface area contributed by atoms with E-state index < -0.39 is 17.3 Å². The maximum atomic E-state index is 13.3. The summed E-state index contributed by atoms with van der Waals surface area (Å²) < 4.78 is 40.0. The predicted molar refractivity (Wildman–Crippen MR) is 114 cm³/mol. The number of carbonyl (C=O) groups is 1. The van der Waals surface area contributed by atoms with Gasteiger partial charge >= 0.3 is 12.2 Å². The molecule has 2 heterocycles. The Kier molecular flexibility index (Phi) is 6.65. The number of rotatable bonds is 3. The zero-order valence-electron chi connectivity index (χ0n) is 17.3. The lowest BCUT2D eigenvalue weighted by atomic mass is 10.0. The van der Waals surface area contributed by atoms with Crippen molar-refractivity contribution in [2.24, 2.45) is 0 Å². The van der Waals surface area contributed by atoms with Crippen molar-refractivity contribution < 1.29 is 18.0 Å². The number of benzene rings is 1. The van der Waals surface area contributed by atoms with Crippen molar-refractivity contribution in [3.63, 3.8) is 0 Å². The van der Waals surface area contributed by atoms with Gasteiger partial charge in [-0.1, -0.05) is 0 Å². The van der Waals surface area contributed by atoms with Crippen LogP contribution in [-0.2, 0) is 6.18 Å².